The maximum atomic E-state index is 4.24. The molecule has 0 atom stereocenters. The topological polar surface area (TPSA) is 62.7 Å². The molecule has 0 saturated heterocycles. The second-order valence-electron chi connectivity index (χ2n) is 3.61. The summed E-state index contributed by atoms with van der Waals surface area (Å²) in [5.74, 6) is 1.83. The third-order valence-corrected chi connectivity index (χ3v) is 1.65. The van der Waals surface area contributed by atoms with Crippen molar-refractivity contribution in [1.82, 2.24) is 15.2 Å². The molecule has 15 heavy (non-hydrogen) atoms. The molecule has 0 amide bonds. The highest BCUT2D eigenvalue weighted by molar-refractivity contribution is 5.37. The molecule has 82 valence electrons. The molecule has 5 heteroatoms. The van der Waals surface area contributed by atoms with E-state index in [2.05, 4.69) is 46.2 Å². The number of anilines is 2. The van der Waals surface area contributed by atoms with Crippen LogP contribution in [0.25, 0.3) is 0 Å². The molecule has 0 saturated carbocycles. The van der Waals surface area contributed by atoms with Crippen molar-refractivity contribution in [1.29, 1.82) is 0 Å². The predicted octanol–water partition coefficient (Wildman–Crippen LogP) is 1.54. The lowest BCUT2D eigenvalue weighted by molar-refractivity contribution is 0.686. The van der Waals surface area contributed by atoms with Crippen LogP contribution in [0.3, 0.4) is 0 Å². The third kappa shape index (κ3) is 4.39. The van der Waals surface area contributed by atoms with Crippen molar-refractivity contribution >= 4 is 11.8 Å². The minimum Gasteiger partial charge on any atom is -0.368 e. The van der Waals surface area contributed by atoms with Crippen LogP contribution in [0.15, 0.2) is 18.9 Å². The minimum atomic E-state index is 0.517. The Hall–Kier alpha value is -1.65. The Labute approximate surface area is 90.0 Å². The lowest BCUT2D eigenvalue weighted by Gasteiger charge is -2.08. The largest absolute Gasteiger partial charge is 0.368 e. The van der Waals surface area contributed by atoms with Gasteiger partial charge in [0.2, 0.25) is 5.95 Å². The Morgan fingerprint density at radius 2 is 2.27 bits per heavy atom. The van der Waals surface area contributed by atoms with Gasteiger partial charge in [-0.25, -0.2) is 0 Å². The monoisotopic (exact) mass is 207 g/mol. The van der Waals surface area contributed by atoms with Crippen molar-refractivity contribution in [2.45, 2.75) is 13.8 Å². The number of hydrogen-bond donors (Lipinski definition) is 2. The van der Waals surface area contributed by atoms with E-state index in [1.165, 1.54) is 0 Å². The van der Waals surface area contributed by atoms with Crippen LogP contribution < -0.4 is 10.6 Å². The molecule has 1 aromatic rings. The van der Waals surface area contributed by atoms with E-state index in [1.54, 1.807) is 12.3 Å². The summed E-state index contributed by atoms with van der Waals surface area (Å²) in [5, 5.41) is 13.8. The molecule has 0 aliphatic heterocycles. The molecular formula is C10H17N5. The van der Waals surface area contributed by atoms with Crippen LogP contribution in [-0.2, 0) is 0 Å². The van der Waals surface area contributed by atoms with Gasteiger partial charge in [0, 0.05) is 13.1 Å². The summed E-state index contributed by atoms with van der Waals surface area (Å²) in [6.45, 7) is 9.39. The first kappa shape index (κ1) is 11.4. The molecule has 0 spiro atoms. The molecular weight excluding hydrogens is 190 g/mol. The third-order valence-electron chi connectivity index (χ3n) is 1.65. The first-order chi connectivity index (χ1) is 7.22. The molecule has 0 bridgehead atoms. The summed E-state index contributed by atoms with van der Waals surface area (Å²) in [4.78, 5) is 4.24. The summed E-state index contributed by atoms with van der Waals surface area (Å²) in [7, 11) is 0. The van der Waals surface area contributed by atoms with E-state index in [-0.39, 0.29) is 0 Å². The standard InChI is InChI=1S/C10H17N5/c1-4-5-11-10-14-9(7-13-15-10)12-6-8(2)3/h4,7-8H,1,5-6H2,2-3H3,(H2,11,12,14,15). The van der Waals surface area contributed by atoms with Crippen molar-refractivity contribution in [3.8, 4) is 0 Å². The molecule has 0 aliphatic rings. The van der Waals surface area contributed by atoms with E-state index in [0.717, 1.165) is 12.4 Å². The van der Waals surface area contributed by atoms with Crippen molar-refractivity contribution in [3.63, 3.8) is 0 Å². The van der Waals surface area contributed by atoms with Crippen LogP contribution in [0.2, 0.25) is 0 Å². The van der Waals surface area contributed by atoms with Gasteiger partial charge in [-0.05, 0) is 5.92 Å². The van der Waals surface area contributed by atoms with Crippen LogP contribution in [0.5, 0.6) is 0 Å². The van der Waals surface area contributed by atoms with Gasteiger partial charge >= 0.3 is 0 Å². The van der Waals surface area contributed by atoms with Crippen molar-refractivity contribution in [3.05, 3.63) is 18.9 Å². The quantitative estimate of drug-likeness (QED) is 0.693. The maximum absolute atomic E-state index is 4.24. The minimum absolute atomic E-state index is 0.517. The highest BCUT2D eigenvalue weighted by Crippen LogP contribution is 2.04. The molecule has 0 aromatic carbocycles. The average Bonchev–Trinajstić information content (AvgIpc) is 2.24. The maximum Gasteiger partial charge on any atom is 0.244 e. The van der Waals surface area contributed by atoms with Crippen LogP contribution in [0, 0.1) is 5.92 Å². The first-order valence-corrected chi connectivity index (χ1v) is 5.00. The van der Waals surface area contributed by atoms with E-state index in [9.17, 15) is 0 Å². The number of rotatable bonds is 6. The zero-order valence-corrected chi connectivity index (χ0v) is 9.20. The van der Waals surface area contributed by atoms with E-state index in [4.69, 9.17) is 0 Å². The Bertz CT molecular complexity index is 310. The number of nitrogens with one attached hydrogen (secondary N) is 2. The van der Waals surface area contributed by atoms with E-state index >= 15 is 0 Å². The zero-order valence-electron chi connectivity index (χ0n) is 9.20. The summed E-state index contributed by atoms with van der Waals surface area (Å²) in [6.07, 6.45) is 3.36. The Morgan fingerprint density at radius 3 is 2.93 bits per heavy atom. The number of aromatic nitrogens is 3. The summed E-state index contributed by atoms with van der Waals surface area (Å²) < 4.78 is 0. The highest BCUT2D eigenvalue weighted by Gasteiger charge is 1.99. The van der Waals surface area contributed by atoms with Crippen molar-refractivity contribution in [2.75, 3.05) is 23.7 Å². The van der Waals surface area contributed by atoms with Crippen molar-refractivity contribution in [2.24, 2.45) is 5.92 Å². The van der Waals surface area contributed by atoms with Crippen LogP contribution in [0.4, 0.5) is 11.8 Å². The Morgan fingerprint density at radius 1 is 1.47 bits per heavy atom. The normalized spacial score (nSPS) is 10.1. The number of hydrogen-bond acceptors (Lipinski definition) is 5. The average molecular weight is 207 g/mol. The second kappa shape index (κ2) is 5.95. The fourth-order valence-corrected chi connectivity index (χ4v) is 0.936. The number of nitrogens with zero attached hydrogens (tertiary/aromatic N) is 3. The summed E-state index contributed by atoms with van der Waals surface area (Å²) in [5.41, 5.74) is 0. The molecule has 1 heterocycles. The fourth-order valence-electron chi connectivity index (χ4n) is 0.936. The van der Waals surface area contributed by atoms with Gasteiger partial charge in [0.1, 0.15) is 0 Å². The predicted molar refractivity (Wildman–Crippen MR) is 61.8 cm³/mol. The molecule has 2 N–H and O–H groups in total. The van der Waals surface area contributed by atoms with Crippen LogP contribution in [0.1, 0.15) is 13.8 Å². The molecule has 0 aliphatic carbocycles. The molecule has 0 unspecified atom stereocenters. The molecule has 1 aromatic heterocycles. The van der Waals surface area contributed by atoms with Crippen LogP contribution >= 0.6 is 0 Å². The van der Waals surface area contributed by atoms with Gasteiger partial charge in [-0.15, -0.1) is 11.7 Å². The smallest absolute Gasteiger partial charge is 0.244 e. The van der Waals surface area contributed by atoms with Gasteiger partial charge in [0.05, 0.1) is 6.20 Å². The van der Waals surface area contributed by atoms with Crippen LogP contribution in [-0.4, -0.2) is 28.3 Å². The van der Waals surface area contributed by atoms with Gasteiger partial charge < -0.3 is 10.6 Å². The van der Waals surface area contributed by atoms with E-state index in [0.29, 0.717) is 18.4 Å². The van der Waals surface area contributed by atoms with Crippen molar-refractivity contribution < 1.29 is 0 Å². The Kier molecular flexibility index (Phi) is 4.53. The van der Waals surface area contributed by atoms with Gasteiger partial charge in [0.15, 0.2) is 5.82 Å². The molecule has 1 rings (SSSR count). The van der Waals surface area contributed by atoms with Gasteiger partial charge in [-0.1, -0.05) is 19.9 Å². The molecule has 0 radical (unpaired) electrons. The second-order valence-corrected chi connectivity index (χ2v) is 3.61. The molecule has 0 fully saturated rings. The SMILES string of the molecule is C=CCNc1nncc(NCC(C)C)n1. The van der Waals surface area contributed by atoms with Gasteiger partial charge in [-0.2, -0.15) is 10.1 Å². The summed E-state index contributed by atoms with van der Waals surface area (Å²) >= 11 is 0. The zero-order chi connectivity index (χ0) is 11.1. The lowest BCUT2D eigenvalue weighted by Crippen LogP contribution is -2.11. The lowest BCUT2D eigenvalue weighted by atomic mass is 10.2. The molecule has 5 nitrogen and oxygen atoms in total. The van der Waals surface area contributed by atoms with Gasteiger partial charge in [-0.3, -0.25) is 0 Å². The van der Waals surface area contributed by atoms with E-state index in [1.807, 2.05) is 0 Å². The van der Waals surface area contributed by atoms with Gasteiger partial charge in [0.25, 0.3) is 0 Å². The first-order valence-electron chi connectivity index (χ1n) is 5.00. The highest BCUT2D eigenvalue weighted by atomic mass is 15.3. The fraction of sp³-hybridized carbons (Fsp3) is 0.500. The Balaban J connectivity index is 2.53. The van der Waals surface area contributed by atoms with E-state index < -0.39 is 0 Å². The summed E-state index contributed by atoms with van der Waals surface area (Å²) in [6, 6.07) is 0.